The van der Waals surface area contributed by atoms with E-state index in [1.54, 1.807) is 6.82 Å². The van der Waals surface area contributed by atoms with Crippen LogP contribution in [0.1, 0.15) is 25.8 Å². The van der Waals surface area contributed by atoms with Crippen LogP contribution in [0.5, 0.6) is 0 Å². The molecule has 98 valence electrons. The summed E-state index contributed by atoms with van der Waals surface area (Å²) in [6, 6.07) is 9.71. The maximum Gasteiger partial charge on any atom is 0.374 e. The molecule has 0 amide bonds. The minimum atomic E-state index is -0.655. The number of carbonyl (C=O) groups excluding carboxylic acids is 1. The minimum Gasteiger partial charge on any atom is -0.437 e. The van der Waals surface area contributed by atoms with E-state index in [2.05, 4.69) is 5.23 Å². The lowest BCUT2D eigenvalue weighted by atomic mass is 9.83. The molecule has 1 atom stereocenters. The van der Waals surface area contributed by atoms with Crippen LogP contribution in [-0.2, 0) is 11.2 Å². The number of nitrogens with one attached hydrogen (secondary N) is 1. The summed E-state index contributed by atoms with van der Waals surface area (Å²) in [5.74, 6) is 0.345. The van der Waals surface area contributed by atoms with E-state index in [9.17, 15) is 9.82 Å². The number of ketones is 1. The van der Waals surface area contributed by atoms with Crippen molar-refractivity contribution in [3.63, 3.8) is 0 Å². The molecule has 0 bridgehead atoms. The second-order valence-electron chi connectivity index (χ2n) is 5.02. The summed E-state index contributed by atoms with van der Waals surface area (Å²) < 4.78 is 0. The summed E-state index contributed by atoms with van der Waals surface area (Å²) in [7, 11) is -0.655. The van der Waals surface area contributed by atoms with Crippen molar-refractivity contribution < 1.29 is 9.82 Å². The van der Waals surface area contributed by atoms with Gasteiger partial charge in [-0.1, -0.05) is 44.2 Å². The topological polar surface area (TPSA) is 49.3 Å². The van der Waals surface area contributed by atoms with Crippen LogP contribution in [0.2, 0.25) is 6.82 Å². The van der Waals surface area contributed by atoms with Crippen molar-refractivity contribution in [1.29, 1.82) is 0 Å². The first-order chi connectivity index (χ1) is 8.50. The highest BCUT2D eigenvalue weighted by Gasteiger charge is 2.23. The van der Waals surface area contributed by atoms with Crippen LogP contribution in [-0.4, -0.2) is 23.9 Å². The summed E-state index contributed by atoms with van der Waals surface area (Å²) in [5, 5.41) is 12.3. The van der Waals surface area contributed by atoms with Gasteiger partial charge < -0.3 is 10.3 Å². The van der Waals surface area contributed by atoms with Gasteiger partial charge in [-0.15, -0.1) is 0 Å². The normalized spacial score (nSPS) is 12.5. The predicted octanol–water partition coefficient (Wildman–Crippen LogP) is 1.91. The Kier molecular flexibility index (Phi) is 6.09. The maximum absolute atomic E-state index is 12.1. The van der Waals surface area contributed by atoms with Crippen LogP contribution in [0.25, 0.3) is 0 Å². The molecule has 2 N–H and O–H groups in total. The molecule has 1 rings (SSSR count). The van der Waals surface area contributed by atoms with E-state index in [-0.39, 0.29) is 17.7 Å². The first-order valence-corrected chi connectivity index (χ1v) is 6.51. The quantitative estimate of drug-likeness (QED) is 0.723. The summed E-state index contributed by atoms with van der Waals surface area (Å²) in [6.07, 6.45) is 1.26. The zero-order valence-corrected chi connectivity index (χ0v) is 11.4. The molecule has 3 nitrogen and oxygen atoms in total. The predicted molar refractivity (Wildman–Crippen MR) is 75.4 cm³/mol. The fourth-order valence-corrected chi connectivity index (χ4v) is 1.98. The highest BCUT2D eigenvalue weighted by Crippen LogP contribution is 2.09. The second-order valence-corrected chi connectivity index (χ2v) is 5.02. The van der Waals surface area contributed by atoms with Gasteiger partial charge in [0.25, 0.3) is 0 Å². The molecule has 4 heteroatoms. The summed E-state index contributed by atoms with van der Waals surface area (Å²) in [5.41, 5.74) is 1.17. The molecular weight excluding hydrogens is 225 g/mol. The minimum absolute atomic E-state index is 0.162. The van der Waals surface area contributed by atoms with Crippen LogP contribution in [0.4, 0.5) is 0 Å². The average molecular weight is 247 g/mol. The van der Waals surface area contributed by atoms with Crippen molar-refractivity contribution in [3.8, 4) is 0 Å². The zero-order chi connectivity index (χ0) is 13.5. The van der Waals surface area contributed by atoms with Gasteiger partial charge in [0.2, 0.25) is 0 Å². The molecule has 18 heavy (non-hydrogen) atoms. The van der Waals surface area contributed by atoms with E-state index < -0.39 is 7.05 Å². The van der Waals surface area contributed by atoms with E-state index in [0.29, 0.717) is 6.42 Å². The second kappa shape index (κ2) is 7.34. The third kappa shape index (κ3) is 5.02. The maximum atomic E-state index is 12.1. The Hall–Kier alpha value is -1.13. The van der Waals surface area contributed by atoms with Gasteiger partial charge >= 0.3 is 7.05 Å². The van der Waals surface area contributed by atoms with E-state index in [1.807, 2.05) is 44.2 Å². The van der Waals surface area contributed by atoms with Gasteiger partial charge in [0.1, 0.15) is 5.78 Å². The van der Waals surface area contributed by atoms with Crippen molar-refractivity contribution >= 4 is 12.8 Å². The van der Waals surface area contributed by atoms with Crippen molar-refractivity contribution in [1.82, 2.24) is 5.23 Å². The number of carbonyl (C=O) groups is 1. The number of aryl methyl sites for hydroxylation is 1. The first kappa shape index (κ1) is 14.9. The van der Waals surface area contributed by atoms with Gasteiger partial charge in [-0.3, -0.25) is 4.79 Å². The van der Waals surface area contributed by atoms with E-state index >= 15 is 0 Å². The third-order valence-corrected chi connectivity index (χ3v) is 2.94. The summed E-state index contributed by atoms with van der Waals surface area (Å²) >= 11 is 0. The highest BCUT2D eigenvalue weighted by atomic mass is 16.2. The molecule has 0 aliphatic rings. The molecule has 0 spiro atoms. The first-order valence-electron chi connectivity index (χ1n) is 6.51. The molecule has 0 saturated carbocycles. The van der Waals surface area contributed by atoms with E-state index in [1.165, 1.54) is 5.56 Å². The summed E-state index contributed by atoms with van der Waals surface area (Å²) in [4.78, 5) is 12.1. The Balaban J connectivity index is 2.52. The van der Waals surface area contributed by atoms with Crippen molar-refractivity contribution in [2.24, 2.45) is 5.92 Å². The molecule has 0 fully saturated rings. The average Bonchev–Trinajstić information content (AvgIpc) is 2.34. The Morgan fingerprint density at radius 1 is 1.33 bits per heavy atom. The van der Waals surface area contributed by atoms with Crippen LogP contribution >= 0.6 is 0 Å². The molecule has 0 aliphatic heterocycles. The molecule has 1 aromatic rings. The van der Waals surface area contributed by atoms with Gasteiger partial charge in [-0.25, -0.2) is 0 Å². The smallest absolute Gasteiger partial charge is 0.374 e. The number of rotatable bonds is 7. The molecule has 0 aromatic heterocycles. The van der Waals surface area contributed by atoms with Gasteiger partial charge in [0.05, 0.1) is 6.04 Å². The lowest BCUT2D eigenvalue weighted by molar-refractivity contribution is -0.121. The van der Waals surface area contributed by atoms with Gasteiger partial charge in [-0.05, 0) is 24.7 Å². The molecule has 1 aromatic carbocycles. The number of hydrogen-bond donors (Lipinski definition) is 2. The fraction of sp³-hybridized carbons (Fsp3) is 0.500. The lowest BCUT2D eigenvalue weighted by Crippen LogP contribution is -2.47. The molecule has 0 heterocycles. The van der Waals surface area contributed by atoms with Crippen LogP contribution in [0.15, 0.2) is 30.3 Å². The lowest BCUT2D eigenvalue weighted by Gasteiger charge is -2.21. The SMILES string of the molecule is CB(O)NC(C(=O)CCc1ccccc1)C(C)C. The van der Waals surface area contributed by atoms with Crippen molar-refractivity contribution in [2.75, 3.05) is 0 Å². The fourth-order valence-electron chi connectivity index (χ4n) is 1.98. The van der Waals surface area contributed by atoms with Crippen LogP contribution in [0.3, 0.4) is 0 Å². The van der Waals surface area contributed by atoms with Crippen molar-refractivity contribution in [3.05, 3.63) is 35.9 Å². The van der Waals surface area contributed by atoms with E-state index in [0.717, 1.165) is 6.42 Å². The Morgan fingerprint density at radius 2 is 1.94 bits per heavy atom. The molecule has 0 radical (unpaired) electrons. The van der Waals surface area contributed by atoms with Gasteiger partial charge in [0.15, 0.2) is 0 Å². The van der Waals surface area contributed by atoms with Crippen molar-refractivity contribution in [2.45, 2.75) is 39.6 Å². The van der Waals surface area contributed by atoms with Crippen LogP contribution < -0.4 is 5.23 Å². The Bertz CT molecular complexity index is 365. The Morgan fingerprint density at radius 3 is 2.44 bits per heavy atom. The number of Topliss-reactive ketones (excluding diaryl/α,β-unsaturated/α-hetero) is 1. The third-order valence-electron chi connectivity index (χ3n) is 2.94. The van der Waals surface area contributed by atoms with E-state index in [4.69, 9.17) is 0 Å². The molecule has 0 saturated heterocycles. The monoisotopic (exact) mass is 247 g/mol. The van der Waals surface area contributed by atoms with Crippen LogP contribution in [0, 0.1) is 5.92 Å². The molecular formula is C14H22BNO2. The van der Waals surface area contributed by atoms with Gasteiger partial charge in [-0.2, -0.15) is 0 Å². The highest BCUT2D eigenvalue weighted by molar-refractivity contribution is 6.46. The number of benzene rings is 1. The molecule has 1 unspecified atom stereocenters. The Labute approximate surface area is 110 Å². The zero-order valence-electron chi connectivity index (χ0n) is 11.4. The standard InChI is InChI=1S/C14H22BNO2/c1-11(2)14(16-15(3)18)13(17)10-9-12-7-5-4-6-8-12/h4-8,11,14,16,18H,9-10H2,1-3H3. The summed E-state index contributed by atoms with van der Waals surface area (Å²) in [6.45, 7) is 5.61. The number of hydrogen-bond acceptors (Lipinski definition) is 3. The largest absolute Gasteiger partial charge is 0.437 e. The molecule has 0 aliphatic carbocycles. The van der Waals surface area contributed by atoms with Gasteiger partial charge in [0, 0.05) is 6.42 Å².